The van der Waals surface area contributed by atoms with Crippen LogP contribution < -0.4 is 9.80 Å². The van der Waals surface area contributed by atoms with E-state index in [1.807, 2.05) is 42.2 Å². The van der Waals surface area contributed by atoms with Crippen LogP contribution in [0.15, 0.2) is 48.5 Å². The van der Waals surface area contributed by atoms with Gasteiger partial charge in [-0.1, -0.05) is 29.8 Å². The van der Waals surface area contributed by atoms with Crippen LogP contribution in [0.5, 0.6) is 0 Å². The van der Waals surface area contributed by atoms with Crippen LogP contribution in [0, 0.1) is 12.7 Å². The number of carbonyl (C=O) groups excluding carboxylic acids is 2. The quantitative estimate of drug-likeness (QED) is 0.799. The molecule has 7 heteroatoms. The average Bonchev–Trinajstić information content (AvgIpc) is 3.09. The molecular formula is C22H25FN4O2. The second-order valence-corrected chi connectivity index (χ2v) is 7.51. The van der Waals surface area contributed by atoms with Gasteiger partial charge in [-0.15, -0.1) is 0 Å². The maximum Gasteiger partial charge on any atom is 0.325 e. The van der Waals surface area contributed by atoms with Crippen molar-refractivity contribution in [3.63, 3.8) is 0 Å². The van der Waals surface area contributed by atoms with Crippen molar-refractivity contribution in [2.45, 2.75) is 6.92 Å². The van der Waals surface area contributed by atoms with Crippen LogP contribution >= 0.6 is 0 Å². The lowest BCUT2D eigenvalue weighted by Crippen LogP contribution is -2.51. The number of halogens is 1. The number of benzene rings is 2. The lowest BCUT2D eigenvalue weighted by atomic mass is 10.2. The van der Waals surface area contributed by atoms with Gasteiger partial charge in [0.2, 0.25) is 5.91 Å². The van der Waals surface area contributed by atoms with Gasteiger partial charge in [0.25, 0.3) is 0 Å². The number of urea groups is 1. The Hall–Kier alpha value is -3.09. The predicted molar refractivity (Wildman–Crippen MR) is 111 cm³/mol. The lowest BCUT2D eigenvalue weighted by molar-refractivity contribution is -0.131. The minimum absolute atomic E-state index is 0.0581. The van der Waals surface area contributed by atoms with E-state index in [0.29, 0.717) is 45.0 Å². The summed E-state index contributed by atoms with van der Waals surface area (Å²) in [5, 5.41) is 0. The number of anilines is 2. The first kappa shape index (κ1) is 19.2. The number of hydrogen-bond donors (Lipinski definition) is 0. The van der Waals surface area contributed by atoms with E-state index >= 15 is 0 Å². The first-order chi connectivity index (χ1) is 14.0. The number of amides is 3. The molecule has 2 aromatic carbocycles. The first-order valence-electron chi connectivity index (χ1n) is 9.93. The summed E-state index contributed by atoms with van der Waals surface area (Å²) in [6.07, 6.45) is 0. The predicted octanol–water partition coefficient (Wildman–Crippen LogP) is 2.72. The van der Waals surface area contributed by atoms with Gasteiger partial charge in [-0.05, 0) is 31.2 Å². The molecule has 0 unspecified atom stereocenters. The minimum atomic E-state index is -0.244. The molecule has 2 aromatic rings. The van der Waals surface area contributed by atoms with Gasteiger partial charge >= 0.3 is 6.03 Å². The van der Waals surface area contributed by atoms with Crippen molar-refractivity contribution in [2.24, 2.45) is 0 Å². The molecule has 2 saturated heterocycles. The normalized spacial score (nSPS) is 17.2. The van der Waals surface area contributed by atoms with E-state index in [2.05, 4.69) is 0 Å². The van der Waals surface area contributed by atoms with Gasteiger partial charge in [-0.3, -0.25) is 9.69 Å². The zero-order chi connectivity index (χ0) is 20.4. The molecule has 2 aliphatic rings. The molecule has 152 valence electrons. The fraction of sp³-hybridized carbons (Fsp3) is 0.364. The number of nitrogens with zero attached hydrogens (tertiary/aromatic N) is 4. The van der Waals surface area contributed by atoms with Crippen LogP contribution in [0.3, 0.4) is 0 Å². The van der Waals surface area contributed by atoms with Crippen LogP contribution in [0.2, 0.25) is 0 Å². The summed E-state index contributed by atoms with van der Waals surface area (Å²) in [6.45, 7) is 5.41. The highest BCUT2D eigenvalue weighted by molar-refractivity contribution is 5.96. The fourth-order valence-corrected chi connectivity index (χ4v) is 3.86. The van der Waals surface area contributed by atoms with Crippen molar-refractivity contribution in [3.05, 3.63) is 59.9 Å². The zero-order valence-electron chi connectivity index (χ0n) is 16.6. The smallest absolute Gasteiger partial charge is 0.325 e. The molecule has 0 spiro atoms. The number of hydrogen-bond acceptors (Lipinski definition) is 3. The molecule has 6 nitrogen and oxygen atoms in total. The largest absolute Gasteiger partial charge is 0.366 e. The Kier molecular flexibility index (Phi) is 5.38. The molecule has 2 fully saturated rings. The summed E-state index contributed by atoms with van der Waals surface area (Å²) < 4.78 is 14.0. The Morgan fingerprint density at radius 3 is 2.31 bits per heavy atom. The number of para-hydroxylation sites is 1. The Bertz CT molecular complexity index is 894. The van der Waals surface area contributed by atoms with Crippen molar-refractivity contribution in [3.8, 4) is 0 Å². The standard InChI is InChI=1S/C22H25FN4O2/c1-17-6-8-18(9-7-17)27-15-14-26(22(27)29)16-21(28)25-12-10-24(11-13-25)20-5-3-2-4-19(20)23/h2-9H,10-16H2,1H3. The highest BCUT2D eigenvalue weighted by Crippen LogP contribution is 2.22. The Balaban J connectivity index is 1.32. The molecule has 0 atom stereocenters. The molecule has 0 bridgehead atoms. The molecule has 0 radical (unpaired) electrons. The van der Waals surface area contributed by atoms with Gasteiger partial charge in [0.05, 0.1) is 5.69 Å². The van der Waals surface area contributed by atoms with Gasteiger partial charge in [-0.2, -0.15) is 0 Å². The van der Waals surface area contributed by atoms with E-state index < -0.39 is 0 Å². The molecule has 4 rings (SSSR count). The third kappa shape index (κ3) is 4.04. The monoisotopic (exact) mass is 396 g/mol. The molecule has 0 N–H and O–H groups in total. The lowest BCUT2D eigenvalue weighted by Gasteiger charge is -2.36. The Morgan fingerprint density at radius 2 is 1.62 bits per heavy atom. The second kappa shape index (κ2) is 8.11. The molecular weight excluding hydrogens is 371 g/mol. The van der Waals surface area contributed by atoms with Gasteiger partial charge in [0, 0.05) is 45.0 Å². The highest BCUT2D eigenvalue weighted by Gasteiger charge is 2.32. The summed E-state index contributed by atoms with van der Waals surface area (Å²) >= 11 is 0. The number of piperazine rings is 1. The molecule has 0 aliphatic carbocycles. The molecule has 2 heterocycles. The molecule has 2 aliphatic heterocycles. The van der Waals surface area contributed by atoms with E-state index in [0.717, 1.165) is 11.3 Å². The minimum Gasteiger partial charge on any atom is -0.366 e. The second-order valence-electron chi connectivity index (χ2n) is 7.51. The van der Waals surface area contributed by atoms with Crippen LogP contribution in [0.4, 0.5) is 20.6 Å². The number of carbonyl (C=O) groups is 2. The van der Waals surface area contributed by atoms with Crippen molar-refractivity contribution in [2.75, 3.05) is 55.6 Å². The zero-order valence-corrected chi connectivity index (χ0v) is 16.6. The summed E-state index contributed by atoms with van der Waals surface area (Å²) in [5.41, 5.74) is 2.57. The van der Waals surface area contributed by atoms with E-state index in [9.17, 15) is 14.0 Å². The summed E-state index contributed by atoms with van der Waals surface area (Å²) in [5.74, 6) is -0.302. The van der Waals surface area contributed by atoms with Gasteiger partial charge in [0.1, 0.15) is 12.4 Å². The molecule has 3 amide bonds. The number of rotatable bonds is 4. The van der Waals surface area contributed by atoms with E-state index in [1.54, 1.807) is 26.8 Å². The van der Waals surface area contributed by atoms with E-state index in [-0.39, 0.29) is 24.3 Å². The van der Waals surface area contributed by atoms with Crippen molar-refractivity contribution in [1.82, 2.24) is 9.80 Å². The van der Waals surface area contributed by atoms with Crippen LogP contribution in [0.25, 0.3) is 0 Å². The van der Waals surface area contributed by atoms with Crippen molar-refractivity contribution in [1.29, 1.82) is 0 Å². The van der Waals surface area contributed by atoms with Crippen molar-refractivity contribution < 1.29 is 14.0 Å². The maximum absolute atomic E-state index is 14.0. The molecule has 0 aromatic heterocycles. The van der Waals surface area contributed by atoms with E-state index in [1.165, 1.54) is 6.07 Å². The van der Waals surface area contributed by atoms with Gasteiger partial charge < -0.3 is 14.7 Å². The number of aryl methyl sites for hydroxylation is 1. The van der Waals surface area contributed by atoms with E-state index in [4.69, 9.17) is 0 Å². The van der Waals surface area contributed by atoms with Crippen LogP contribution in [-0.2, 0) is 4.79 Å². The SMILES string of the molecule is Cc1ccc(N2CCN(CC(=O)N3CCN(c4ccccc4F)CC3)C2=O)cc1. The summed E-state index contributed by atoms with van der Waals surface area (Å²) in [6, 6.07) is 14.4. The first-order valence-corrected chi connectivity index (χ1v) is 9.93. The Morgan fingerprint density at radius 1 is 0.931 bits per heavy atom. The third-order valence-corrected chi connectivity index (χ3v) is 5.59. The van der Waals surface area contributed by atoms with Crippen molar-refractivity contribution >= 4 is 23.3 Å². The van der Waals surface area contributed by atoms with Gasteiger partial charge in [0.15, 0.2) is 0 Å². The maximum atomic E-state index is 14.0. The van der Waals surface area contributed by atoms with Gasteiger partial charge in [-0.25, -0.2) is 9.18 Å². The topological polar surface area (TPSA) is 47.1 Å². The summed E-state index contributed by atoms with van der Waals surface area (Å²) in [7, 11) is 0. The molecule has 0 saturated carbocycles. The summed E-state index contributed by atoms with van der Waals surface area (Å²) in [4.78, 5) is 32.5. The van der Waals surface area contributed by atoms with Crippen LogP contribution in [-0.4, -0.2) is 67.6 Å². The van der Waals surface area contributed by atoms with Crippen LogP contribution in [0.1, 0.15) is 5.56 Å². The molecule has 29 heavy (non-hydrogen) atoms. The highest BCUT2D eigenvalue weighted by atomic mass is 19.1. The third-order valence-electron chi connectivity index (χ3n) is 5.59. The average molecular weight is 396 g/mol. The fourth-order valence-electron chi connectivity index (χ4n) is 3.86. The Labute approximate surface area is 170 Å².